The van der Waals surface area contributed by atoms with E-state index in [2.05, 4.69) is 10.3 Å². The molecule has 0 bridgehead atoms. The second-order valence-corrected chi connectivity index (χ2v) is 5.45. The van der Waals surface area contributed by atoms with Crippen LogP contribution in [-0.2, 0) is 11.2 Å². The van der Waals surface area contributed by atoms with Crippen LogP contribution in [0.3, 0.4) is 0 Å². The van der Waals surface area contributed by atoms with Gasteiger partial charge in [0.05, 0.1) is 15.7 Å². The number of amides is 1. The lowest BCUT2D eigenvalue weighted by atomic mass is 10.1. The van der Waals surface area contributed by atoms with Gasteiger partial charge in [0, 0.05) is 11.8 Å². The van der Waals surface area contributed by atoms with E-state index in [9.17, 15) is 14.9 Å². The molecule has 2 aromatic rings. The summed E-state index contributed by atoms with van der Waals surface area (Å²) in [6.07, 6.45) is 2.03. The molecule has 0 aliphatic carbocycles. The number of aromatic nitrogens is 1. The van der Waals surface area contributed by atoms with Crippen LogP contribution in [0.5, 0.6) is 0 Å². The summed E-state index contributed by atoms with van der Waals surface area (Å²) in [7, 11) is 0. The van der Waals surface area contributed by atoms with Crippen LogP contribution < -0.4 is 5.32 Å². The number of rotatable bonds is 6. The van der Waals surface area contributed by atoms with Crippen molar-refractivity contribution in [2.45, 2.75) is 18.4 Å². The largest absolute Gasteiger partial charge is 0.325 e. The van der Waals surface area contributed by atoms with Crippen molar-refractivity contribution in [1.82, 2.24) is 4.98 Å². The molecule has 1 aromatic carbocycles. The molecule has 0 aliphatic heterocycles. The average molecular weight is 317 g/mol. The van der Waals surface area contributed by atoms with E-state index >= 15 is 0 Å². The summed E-state index contributed by atoms with van der Waals surface area (Å²) in [5.41, 5.74) is 1.83. The molecule has 0 saturated carbocycles. The molecule has 2 rings (SSSR count). The van der Waals surface area contributed by atoms with Crippen LogP contribution in [0.1, 0.15) is 12.5 Å². The lowest BCUT2D eigenvalue weighted by Gasteiger charge is -2.09. The Labute approximate surface area is 132 Å². The fourth-order valence-electron chi connectivity index (χ4n) is 1.84. The van der Waals surface area contributed by atoms with Gasteiger partial charge in [0.2, 0.25) is 5.91 Å². The maximum Gasteiger partial charge on any atom is 0.287 e. The number of anilines is 1. The zero-order valence-electron chi connectivity index (χ0n) is 12.0. The predicted molar refractivity (Wildman–Crippen MR) is 86.1 cm³/mol. The van der Waals surface area contributed by atoms with E-state index in [1.54, 1.807) is 0 Å². The molecule has 0 radical (unpaired) electrons. The van der Waals surface area contributed by atoms with Crippen molar-refractivity contribution < 1.29 is 9.72 Å². The Morgan fingerprint density at radius 3 is 2.73 bits per heavy atom. The molecule has 0 spiro atoms. The fraction of sp³-hybridized carbons (Fsp3) is 0.200. The lowest BCUT2D eigenvalue weighted by Crippen LogP contribution is -2.15. The van der Waals surface area contributed by atoms with Gasteiger partial charge in [0.25, 0.3) is 5.69 Å². The molecule has 22 heavy (non-hydrogen) atoms. The highest BCUT2D eigenvalue weighted by Gasteiger charge is 2.09. The van der Waals surface area contributed by atoms with Gasteiger partial charge in [-0.2, -0.15) is 0 Å². The van der Waals surface area contributed by atoms with E-state index in [0.29, 0.717) is 5.03 Å². The van der Waals surface area contributed by atoms with E-state index < -0.39 is 4.92 Å². The Bertz CT molecular complexity index is 674. The average Bonchev–Trinajstić information content (AvgIpc) is 2.54. The number of carbonyl (C=O) groups is 1. The normalized spacial score (nSPS) is 10.2. The molecule has 0 atom stereocenters. The van der Waals surface area contributed by atoms with Crippen LogP contribution in [0, 0.1) is 10.1 Å². The van der Waals surface area contributed by atoms with Crippen LogP contribution >= 0.6 is 11.8 Å². The maximum atomic E-state index is 12.0. The zero-order valence-corrected chi connectivity index (χ0v) is 12.8. The van der Waals surface area contributed by atoms with Gasteiger partial charge >= 0.3 is 0 Å². The quantitative estimate of drug-likeness (QED) is 0.502. The van der Waals surface area contributed by atoms with Crippen molar-refractivity contribution >= 4 is 29.0 Å². The van der Waals surface area contributed by atoms with Gasteiger partial charge in [0.15, 0.2) is 0 Å². The van der Waals surface area contributed by atoms with Crippen molar-refractivity contribution in [1.29, 1.82) is 0 Å². The molecule has 1 aromatic heterocycles. The first-order valence-electron chi connectivity index (χ1n) is 6.71. The highest BCUT2D eigenvalue weighted by molar-refractivity contribution is 7.99. The molecular weight excluding hydrogens is 302 g/mol. The van der Waals surface area contributed by atoms with Crippen LogP contribution in [0.15, 0.2) is 47.6 Å². The molecule has 6 nitrogen and oxygen atoms in total. The number of carbonyl (C=O) groups excluding carboxylic acids is 1. The molecule has 114 valence electrons. The highest BCUT2D eigenvalue weighted by atomic mass is 32.2. The molecule has 1 N–H and O–H groups in total. The summed E-state index contributed by atoms with van der Waals surface area (Å²) in [5, 5.41) is 14.0. The second kappa shape index (κ2) is 7.56. The van der Waals surface area contributed by atoms with Crippen molar-refractivity contribution in [3.63, 3.8) is 0 Å². The van der Waals surface area contributed by atoms with Gasteiger partial charge in [-0.05, 0) is 24.1 Å². The fourth-order valence-corrected chi connectivity index (χ4v) is 2.48. The number of benzene rings is 1. The monoisotopic (exact) mass is 317 g/mol. The van der Waals surface area contributed by atoms with Crippen LogP contribution in [0.4, 0.5) is 11.4 Å². The minimum atomic E-state index is -0.504. The van der Waals surface area contributed by atoms with Gasteiger partial charge < -0.3 is 5.32 Å². The summed E-state index contributed by atoms with van der Waals surface area (Å²) in [4.78, 5) is 25.9. The Morgan fingerprint density at radius 1 is 1.32 bits per heavy atom. The Morgan fingerprint density at radius 2 is 2.09 bits per heavy atom. The molecule has 0 fully saturated rings. The van der Waals surface area contributed by atoms with Gasteiger partial charge in [0.1, 0.15) is 6.20 Å². The van der Waals surface area contributed by atoms with E-state index in [-0.39, 0.29) is 17.3 Å². The van der Waals surface area contributed by atoms with E-state index in [1.807, 2.05) is 31.2 Å². The standard InChI is InChI=1S/C15H15N3O3S/c1-2-11-5-3-4-6-13(11)17-14(19)10-22-15-8-7-12(9-16-15)18(20)21/h3-9H,2,10H2,1H3,(H,17,19). The van der Waals surface area contributed by atoms with Crippen LogP contribution in [0.25, 0.3) is 0 Å². The van der Waals surface area contributed by atoms with Gasteiger partial charge in [-0.3, -0.25) is 14.9 Å². The number of para-hydroxylation sites is 1. The summed E-state index contributed by atoms with van der Waals surface area (Å²) in [6, 6.07) is 10.6. The summed E-state index contributed by atoms with van der Waals surface area (Å²) in [5.74, 6) is 0.0640. The number of nitro groups is 1. The third-order valence-electron chi connectivity index (χ3n) is 2.96. The number of thioether (sulfide) groups is 1. The summed E-state index contributed by atoms with van der Waals surface area (Å²) >= 11 is 1.24. The minimum absolute atomic E-state index is 0.0642. The molecule has 0 aliphatic rings. The Hall–Kier alpha value is -2.41. The maximum absolute atomic E-state index is 12.0. The van der Waals surface area contributed by atoms with Gasteiger partial charge in [-0.1, -0.05) is 36.9 Å². The Kier molecular flexibility index (Phi) is 5.48. The molecule has 1 heterocycles. The molecule has 0 saturated heterocycles. The van der Waals surface area contributed by atoms with Crippen molar-refractivity contribution in [2.24, 2.45) is 0 Å². The molecule has 7 heteroatoms. The second-order valence-electron chi connectivity index (χ2n) is 4.46. The first-order valence-corrected chi connectivity index (χ1v) is 7.69. The van der Waals surface area contributed by atoms with E-state index in [4.69, 9.17) is 0 Å². The van der Waals surface area contributed by atoms with Crippen LogP contribution in [-0.4, -0.2) is 21.6 Å². The lowest BCUT2D eigenvalue weighted by molar-refractivity contribution is -0.385. The smallest absolute Gasteiger partial charge is 0.287 e. The number of hydrogen-bond donors (Lipinski definition) is 1. The molecule has 0 unspecified atom stereocenters. The third-order valence-corrected chi connectivity index (χ3v) is 3.90. The first-order chi connectivity index (χ1) is 10.6. The van der Waals surface area contributed by atoms with Crippen molar-refractivity contribution in [3.05, 3.63) is 58.3 Å². The number of aryl methyl sites for hydroxylation is 1. The van der Waals surface area contributed by atoms with Crippen LogP contribution in [0.2, 0.25) is 0 Å². The topological polar surface area (TPSA) is 85.1 Å². The summed E-state index contributed by atoms with van der Waals surface area (Å²) < 4.78 is 0. The SMILES string of the molecule is CCc1ccccc1NC(=O)CSc1ccc([N+](=O)[O-])cn1. The van der Waals surface area contributed by atoms with Crippen molar-refractivity contribution in [3.8, 4) is 0 Å². The minimum Gasteiger partial charge on any atom is -0.325 e. The van der Waals surface area contributed by atoms with Gasteiger partial charge in [-0.25, -0.2) is 4.98 Å². The number of hydrogen-bond acceptors (Lipinski definition) is 5. The highest BCUT2D eigenvalue weighted by Crippen LogP contribution is 2.20. The van der Waals surface area contributed by atoms with E-state index in [0.717, 1.165) is 17.7 Å². The van der Waals surface area contributed by atoms with Gasteiger partial charge in [-0.15, -0.1) is 0 Å². The predicted octanol–water partition coefficient (Wildman–Crippen LogP) is 3.28. The first kappa shape index (κ1) is 16.0. The van der Waals surface area contributed by atoms with Crippen molar-refractivity contribution in [2.75, 3.05) is 11.1 Å². The zero-order chi connectivity index (χ0) is 15.9. The Balaban J connectivity index is 1.91. The third kappa shape index (κ3) is 4.29. The number of pyridine rings is 1. The summed E-state index contributed by atoms with van der Waals surface area (Å²) in [6.45, 7) is 2.03. The molecular formula is C15H15N3O3S. The number of nitrogens with zero attached hydrogens (tertiary/aromatic N) is 2. The molecule has 1 amide bonds. The van der Waals surface area contributed by atoms with E-state index in [1.165, 1.54) is 30.1 Å². The number of nitrogens with one attached hydrogen (secondary N) is 1.